The van der Waals surface area contributed by atoms with Crippen molar-refractivity contribution >= 4 is 41.4 Å². The van der Waals surface area contributed by atoms with Crippen molar-refractivity contribution in [1.82, 2.24) is 31.9 Å². The molecule has 0 radical (unpaired) electrons. The summed E-state index contributed by atoms with van der Waals surface area (Å²) in [5, 5.41) is 24.1. The topological polar surface area (TPSA) is 212 Å². The highest BCUT2D eigenvalue weighted by Gasteiger charge is 2.28. The molecule has 0 fully saturated rings. The molecular formula is C30H38N6O8. The molecule has 0 saturated carbocycles. The van der Waals surface area contributed by atoms with Crippen LogP contribution in [0, 0.1) is 0 Å². The zero-order chi connectivity index (χ0) is 32.6. The maximum atomic E-state index is 13.1. The first-order chi connectivity index (χ1) is 20.8. The third kappa shape index (κ3) is 12.7. The van der Waals surface area contributed by atoms with Gasteiger partial charge in [-0.2, -0.15) is 0 Å². The Balaban J connectivity index is 2.00. The summed E-state index contributed by atoms with van der Waals surface area (Å²) in [6.45, 7) is 3.33. The molecule has 3 atom stereocenters. The Morgan fingerprint density at radius 2 is 1.11 bits per heavy atom. The molecule has 0 saturated heterocycles. The van der Waals surface area contributed by atoms with Crippen LogP contribution in [0.4, 0.5) is 0 Å². The molecule has 44 heavy (non-hydrogen) atoms. The van der Waals surface area contributed by atoms with Crippen LogP contribution in [0.5, 0.6) is 0 Å². The van der Waals surface area contributed by atoms with Gasteiger partial charge in [-0.25, -0.2) is 0 Å². The molecule has 2 aromatic carbocycles. The Bertz CT molecular complexity index is 1330. The minimum absolute atomic E-state index is 0.0852. The number of carboxylic acids is 1. The predicted molar refractivity (Wildman–Crippen MR) is 160 cm³/mol. The van der Waals surface area contributed by atoms with Crippen LogP contribution in [0.3, 0.4) is 0 Å². The summed E-state index contributed by atoms with van der Waals surface area (Å²) in [6, 6.07) is 13.4. The average molecular weight is 611 g/mol. The summed E-state index contributed by atoms with van der Waals surface area (Å²) >= 11 is 0. The molecule has 7 N–H and O–H groups in total. The highest BCUT2D eigenvalue weighted by atomic mass is 16.4. The first-order valence-electron chi connectivity index (χ1n) is 13.9. The number of nitrogens with one attached hydrogen (secondary N) is 6. The van der Waals surface area contributed by atoms with Crippen LogP contribution in [0.15, 0.2) is 54.6 Å². The lowest BCUT2D eigenvalue weighted by Crippen LogP contribution is -2.55. The van der Waals surface area contributed by atoms with Gasteiger partial charge in [-0.15, -0.1) is 0 Å². The summed E-state index contributed by atoms with van der Waals surface area (Å²) in [5.74, 6) is -4.90. The van der Waals surface area contributed by atoms with Crippen LogP contribution in [-0.2, 0) is 40.0 Å². The lowest BCUT2D eigenvalue weighted by Gasteiger charge is -2.22. The van der Waals surface area contributed by atoms with Gasteiger partial charge in [0.1, 0.15) is 18.1 Å². The van der Waals surface area contributed by atoms with Crippen molar-refractivity contribution in [2.24, 2.45) is 0 Å². The van der Waals surface area contributed by atoms with Crippen molar-refractivity contribution in [3.63, 3.8) is 0 Å². The molecular weight excluding hydrogens is 572 g/mol. The maximum Gasteiger partial charge on any atom is 0.305 e. The van der Waals surface area contributed by atoms with Crippen molar-refractivity contribution in [3.8, 4) is 11.1 Å². The molecule has 0 aliphatic carbocycles. The Labute approximate surface area is 254 Å². The van der Waals surface area contributed by atoms with Crippen LogP contribution in [0.2, 0.25) is 0 Å². The fraction of sp³-hybridized carbons (Fsp3) is 0.367. The SMILES string of the molecule is CC(=O)NCC(NC(C)=O)C(=O)NCCNC(=O)[C@H](CC(=O)O)NC(=O)[C@H](Cc1ccc(-c2ccccc2)cc1)NC(C)=O. The molecule has 14 heteroatoms. The maximum absolute atomic E-state index is 13.1. The molecule has 0 aromatic heterocycles. The van der Waals surface area contributed by atoms with E-state index in [0.29, 0.717) is 0 Å². The number of carboxylic acid groups (broad SMARTS) is 1. The van der Waals surface area contributed by atoms with Gasteiger partial charge in [-0.1, -0.05) is 54.6 Å². The van der Waals surface area contributed by atoms with E-state index < -0.39 is 66.0 Å². The second-order valence-corrected chi connectivity index (χ2v) is 9.95. The Morgan fingerprint density at radius 3 is 1.64 bits per heavy atom. The fourth-order valence-electron chi connectivity index (χ4n) is 4.13. The molecule has 0 spiro atoms. The number of carbonyl (C=O) groups excluding carboxylic acids is 6. The zero-order valence-corrected chi connectivity index (χ0v) is 24.8. The highest BCUT2D eigenvalue weighted by Crippen LogP contribution is 2.19. The third-order valence-electron chi connectivity index (χ3n) is 6.18. The summed E-state index contributed by atoms with van der Waals surface area (Å²) in [4.78, 5) is 84.2. The van der Waals surface area contributed by atoms with Gasteiger partial charge in [-0.05, 0) is 16.7 Å². The molecule has 0 heterocycles. The quantitative estimate of drug-likeness (QED) is 0.120. The van der Waals surface area contributed by atoms with Crippen LogP contribution in [0.25, 0.3) is 11.1 Å². The minimum Gasteiger partial charge on any atom is -0.481 e. The molecule has 14 nitrogen and oxygen atoms in total. The second kappa shape index (κ2) is 17.6. The Hall–Kier alpha value is -5.27. The molecule has 236 valence electrons. The highest BCUT2D eigenvalue weighted by molar-refractivity contribution is 5.94. The number of aliphatic carboxylic acids is 1. The molecule has 0 bridgehead atoms. The summed E-state index contributed by atoms with van der Waals surface area (Å²) in [6.07, 6.45) is -0.647. The van der Waals surface area contributed by atoms with E-state index >= 15 is 0 Å². The summed E-state index contributed by atoms with van der Waals surface area (Å²) in [7, 11) is 0. The zero-order valence-electron chi connectivity index (χ0n) is 24.8. The van der Waals surface area contributed by atoms with Gasteiger partial charge in [0.15, 0.2) is 0 Å². The molecule has 2 rings (SSSR count). The van der Waals surface area contributed by atoms with E-state index in [9.17, 15) is 38.7 Å². The normalized spacial score (nSPS) is 12.4. The molecule has 2 aromatic rings. The number of carbonyl (C=O) groups is 7. The predicted octanol–water partition coefficient (Wildman–Crippen LogP) is -0.766. The average Bonchev–Trinajstić information content (AvgIpc) is 2.96. The first-order valence-corrected chi connectivity index (χ1v) is 13.9. The van der Waals surface area contributed by atoms with Crippen LogP contribution >= 0.6 is 0 Å². The molecule has 0 aliphatic heterocycles. The van der Waals surface area contributed by atoms with Crippen molar-refractivity contribution in [3.05, 3.63) is 60.2 Å². The van der Waals surface area contributed by atoms with E-state index in [4.69, 9.17) is 0 Å². The van der Waals surface area contributed by atoms with E-state index in [-0.39, 0.29) is 26.1 Å². The van der Waals surface area contributed by atoms with Crippen molar-refractivity contribution in [1.29, 1.82) is 0 Å². The van der Waals surface area contributed by atoms with Gasteiger partial charge in [-0.3, -0.25) is 33.6 Å². The number of benzene rings is 2. The monoisotopic (exact) mass is 610 g/mol. The van der Waals surface area contributed by atoms with Gasteiger partial charge >= 0.3 is 5.97 Å². The second-order valence-electron chi connectivity index (χ2n) is 9.95. The van der Waals surface area contributed by atoms with E-state index in [1.54, 1.807) is 0 Å². The molecule has 6 amide bonds. The lowest BCUT2D eigenvalue weighted by molar-refractivity contribution is -0.141. The Kier molecular flexibility index (Phi) is 14.0. The van der Waals surface area contributed by atoms with Gasteiger partial charge in [0, 0.05) is 46.8 Å². The third-order valence-corrected chi connectivity index (χ3v) is 6.18. The first kappa shape index (κ1) is 34.9. The lowest BCUT2D eigenvalue weighted by atomic mass is 10.00. The number of rotatable bonds is 16. The van der Waals surface area contributed by atoms with Gasteiger partial charge in [0.05, 0.1) is 6.42 Å². The number of hydrogen-bond acceptors (Lipinski definition) is 7. The van der Waals surface area contributed by atoms with E-state index in [2.05, 4.69) is 31.9 Å². The smallest absolute Gasteiger partial charge is 0.305 e. The van der Waals surface area contributed by atoms with Crippen molar-refractivity contribution in [2.75, 3.05) is 19.6 Å². The van der Waals surface area contributed by atoms with Crippen LogP contribution < -0.4 is 31.9 Å². The van der Waals surface area contributed by atoms with Crippen LogP contribution in [0.1, 0.15) is 32.8 Å². The van der Waals surface area contributed by atoms with Crippen molar-refractivity contribution < 1.29 is 38.7 Å². The minimum atomic E-state index is -1.47. The standard InChI is InChI=1S/C30H38N6O8/c1-18(37)33-17-26(35-20(3)39)29(43)32-14-13-31-28(42)25(16-27(40)41)36-30(44)24(34-19(2)38)15-21-9-11-23(12-10-21)22-7-5-4-6-8-22/h4-12,24-26H,13-17H2,1-3H3,(H,31,42)(H,32,43)(H,33,37)(H,34,38)(H,35,39)(H,36,44)(H,40,41)/t24-,25-,26?/m0/s1. The largest absolute Gasteiger partial charge is 0.481 e. The molecule has 0 aliphatic rings. The van der Waals surface area contributed by atoms with Crippen molar-refractivity contribution in [2.45, 2.75) is 51.7 Å². The number of amides is 6. The van der Waals surface area contributed by atoms with Crippen LogP contribution in [-0.4, -0.2) is 84.3 Å². The molecule has 1 unspecified atom stereocenters. The van der Waals surface area contributed by atoms with Gasteiger partial charge < -0.3 is 37.0 Å². The summed E-state index contributed by atoms with van der Waals surface area (Å²) in [5.41, 5.74) is 2.70. The number of hydrogen-bond donors (Lipinski definition) is 7. The van der Waals surface area contributed by atoms with E-state index in [0.717, 1.165) is 16.7 Å². The van der Waals surface area contributed by atoms with Gasteiger partial charge in [0.25, 0.3) is 0 Å². The summed E-state index contributed by atoms with van der Waals surface area (Å²) < 4.78 is 0. The van der Waals surface area contributed by atoms with Gasteiger partial charge in [0.2, 0.25) is 35.4 Å². The fourth-order valence-corrected chi connectivity index (χ4v) is 4.13. The van der Waals surface area contributed by atoms with E-state index in [1.165, 1.54) is 20.8 Å². The Morgan fingerprint density at radius 1 is 0.591 bits per heavy atom. The van der Waals surface area contributed by atoms with E-state index in [1.807, 2.05) is 54.6 Å².